The third-order valence-electron chi connectivity index (χ3n) is 2.47. The van der Waals surface area contributed by atoms with Crippen LogP contribution in [0.15, 0.2) is 59.6 Å². The van der Waals surface area contributed by atoms with Crippen molar-refractivity contribution >= 4 is 49.1 Å². The van der Waals surface area contributed by atoms with Gasteiger partial charge in [0.25, 0.3) is 0 Å². The Labute approximate surface area is 135 Å². The lowest BCUT2D eigenvalue weighted by atomic mass is 10.3. The van der Waals surface area contributed by atoms with Gasteiger partial charge in [0.2, 0.25) is 0 Å². The Kier molecular flexibility index (Phi) is 5.81. The van der Waals surface area contributed by atoms with Crippen LogP contribution < -0.4 is 11.5 Å². The van der Waals surface area contributed by atoms with E-state index in [0.717, 1.165) is 11.0 Å². The Morgan fingerprint density at radius 2 is 1.14 bits per heavy atom. The molecule has 4 aromatic rings. The molecule has 0 atom stereocenters. The maximum Gasteiger partial charge on any atom is 0.309 e. The van der Waals surface area contributed by atoms with Crippen LogP contribution in [0.3, 0.4) is 0 Å². The van der Waals surface area contributed by atoms with Crippen LogP contribution in [0.2, 0.25) is 0 Å². The molecule has 2 amide bonds. The van der Waals surface area contributed by atoms with Gasteiger partial charge in [-0.2, -0.15) is 0 Å². The number of carbonyl (C=O) groups excluding carboxylic acids is 1. The minimum Gasteiger partial charge on any atom is -0.352 e. The maximum absolute atomic E-state index is 9.00. The molecule has 112 valence electrons. The zero-order chi connectivity index (χ0) is 15.8. The van der Waals surface area contributed by atoms with E-state index in [0.29, 0.717) is 0 Å². The maximum atomic E-state index is 9.00. The molecule has 0 unspecified atom stereocenters. The number of hydrogen-bond donors (Lipinski definition) is 2. The monoisotopic (exact) mass is 330 g/mol. The Balaban J connectivity index is 0.000000131. The number of carbonyl (C=O) groups is 1. The van der Waals surface area contributed by atoms with Crippen LogP contribution in [0.5, 0.6) is 0 Å². The Morgan fingerprint density at radius 3 is 1.50 bits per heavy atom. The Morgan fingerprint density at radius 1 is 0.773 bits per heavy atom. The highest BCUT2D eigenvalue weighted by Gasteiger charge is 1.90. The molecule has 2 aromatic carbocycles. The average molecular weight is 330 g/mol. The molecule has 22 heavy (non-hydrogen) atoms. The first-order valence-corrected chi connectivity index (χ1v) is 8.04. The summed E-state index contributed by atoms with van der Waals surface area (Å²) in [6.07, 6.45) is 0. The third kappa shape index (κ3) is 4.80. The van der Waals surface area contributed by atoms with Crippen molar-refractivity contribution < 1.29 is 4.79 Å². The predicted octanol–water partition coefficient (Wildman–Crippen LogP) is 3.62. The number of benzene rings is 2. The highest BCUT2D eigenvalue weighted by atomic mass is 32.1. The molecule has 0 aliphatic heterocycles. The number of nitrogens with two attached hydrogens (primary N) is 2. The zero-order valence-corrected chi connectivity index (χ0v) is 13.2. The van der Waals surface area contributed by atoms with Crippen molar-refractivity contribution in [1.29, 1.82) is 0 Å². The van der Waals surface area contributed by atoms with Crippen molar-refractivity contribution in [2.75, 3.05) is 0 Å². The van der Waals surface area contributed by atoms with Gasteiger partial charge < -0.3 is 11.5 Å². The van der Waals surface area contributed by atoms with E-state index in [-0.39, 0.29) is 0 Å². The summed E-state index contributed by atoms with van der Waals surface area (Å²) < 4.78 is 2.52. The van der Waals surface area contributed by atoms with E-state index in [4.69, 9.17) is 4.79 Å². The van der Waals surface area contributed by atoms with Gasteiger partial charge in [0.15, 0.2) is 0 Å². The van der Waals surface area contributed by atoms with Gasteiger partial charge >= 0.3 is 6.03 Å². The molecule has 0 saturated carbocycles. The number of hydrogen-bond acceptors (Lipinski definition) is 5. The van der Waals surface area contributed by atoms with Gasteiger partial charge in [-0.15, -0.1) is 22.7 Å². The number of para-hydroxylation sites is 2. The number of nitrogens with zero attached hydrogens (tertiary/aromatic N) is 2. The van der Waals surface area contributed by atoms with Gasteiger partial charge in [-0.05, 0) is 24.3 Å². The standard InChI is InChI=1S/2C7H5NS.CH4N2O/c2*1-2-4-7-6(3-1)8-5-9-7;2-1(3)4/h2*1-5H;(H4,2,3,4). The lowest BCUT2D eigenvalue weighted by Crippen LogP contribution is -2.18. The zero-order valence-electron chi connectivity index (χ0n) is 11.5. The van der Waals surface area contributed by atoms with Gasteiger partial charge in [-0.1, -0.05) is 24.3 Å². The molecule has 0 aliphatic rings. The molecule has 0 spiro atoms. The number of rotatable bonds is 0. The van der Waals surface area contributed by atoms with E-state index >= 15 is 0 Å². The first-order valence-electron chi connectivity index (χ1n) is 6.28. The fourth-order valence-corrected chi connectivity index (χ4v) is 2.96. The molecule has 2 heterocycles. The summed E-state index contributed by atoms with van der Waals surface area (Å²) >= 11 is 3.35. The summed E-state index contributed by atoms with van der Waals surface area (Å²) in [6, 6.07) is 15.4. The Bertz CT molecular complexity index is 726. The van der Waals surface area contributed by atoms with E-state index in [2.05, 4.69) is 33.6 Å². The number of aromatic nitrogens is 2. The normalized spacial score (nSPS) is 9.45. The van der Waals surface area contributed by atoms with Crippen molar-refractivity contribution in [3.8, 4) is 0 Å². The topological polar surface area (TPSA) is 94.9 Å². The summed E-state index contributed by atoms with van der Waals surface area (Å²) in [7, 11) is 0. The van der Waals surface area contributed by atoms with E-state index < -0.39 is 6.03 Å². The van der Waals surface area contributed by atoms with Crippen molar-refractivity contribution in [3.63, 3.8) is 0 Å². The molecule has 0 radical (unpaired) electrons. The number of primary amides is 2. The summed E-state index contributed by atoms with van der Waals surface area (Å²) in [5.41, 5.74) is 14.4. The van der Waals surface area contributed by atoms with Crippen molar-refractivity contribution in [2.24, 2.45) is 11.5 Å². The highest BCUT2D eigenvalue weighted by molar-refractivity contribution is 7.17. The number of thiazole rings is 2. The van der Waals surface area contributed by atoms with Crippen molar-refractivity contribution in [2.45, 2.75) is 0 Å². The second kappa shape index (κ2) is 8.06. The molecule has 0 bridgehead atoms. The van der Waals surface area contributed by atoms with Gasteiger partial charge in [-0.3, -0.25) is 0 Å². The second-order valence-electron chi connectivity index (χ2n) is 4.04. The van der Waals surface area contributed by atoms with Crippen LogP contribution in [-0.4, -0.2) is 16.0 Å². The van der Waals surface area contributed by atoms with E-state index in [1.165, 1.54) is 9.40 Å². The van der Waals surface area contributed by atoms with Crippen LogP contribution in [-0.2, 0) is 0 Å². The molecule has 0 fully saturated rings. The summed E-state index contributed by atoms with van der Waals surface area (Å²) in [6.45, 7) is 0. The minimum absolute atomic E-state index is 0.833. The lowest BCUT2D eigenvalue weighted by molar-refractivity contribution is 0.256. The molecule has 7 heteroatoms. The fourth-order valence-electron chi connectivity index (χ4n) is 1.61. The quantitative estimate of drug-likeness (QED) is 0.515. The molecule has 2 aromatic heterocycles. The fraction of sp³-hybridized carbons (Fsp3) is 0. The smallest absolute Gasteiger partial charge is 0.309 e. The Hall–Kier alpha value is -2.51. The molecular formula is C15H14N4OS2. The van der Waals surface area contributed by atoms with E-state index in [9.17, 15) is 0 Å². The van der Waals surface area contributed by atoms with Crippen LogP contribution in [0.1, 0.15) is 0 Å². The molecule has 0 aliphatic carbocycles. The SMILES string of the molecule is NC(N)=O.c1ccc2scnc2c1.c1ccc2scnc2c1. The largest absolute Gasteiger partial charge is 0.352 e. The first-order chi connectivity index (χ1) is 10.7. The van der Waals surface area contributed by atoms with Crippen LogP contribution in [0.25, 0.3) is 20.4 Å². The number of urea groups is 1. The van der Waals surface area contributed by atoms with Gasteiger partial charge in [0.1, 0.15) is 0 Å². The van der Waals surface area contributed by atoms with Crippen LogP contribution >= 0.6 is 22.7 Å². The van der Waals surface area contributed by atoms with Gasteiger partial charge in [0.05, 0.1) is 31.5 Å². The molecule has 4 rings (SSSR count). The van der Waals surface area contributed by atoms with E-state index in [1.807, 2.05) is 47.4 Å². The van der Waals surface area contributed by atoms with Crippen LogP contribution in [0.4, 0.5) is 4.79 Å². The molecule has 5 nitrogen and oxygen atoms in total. The summed E-state index contributed by atoms with van der Waals surface area (Å²) in [5.74, 6) is 0. The summed E-state index contributed by atoms with van der Waals surface area (Å²) in [4.78, 5) is 17.3. The summed E-state index contributed by atoms with van der Waals surface area (Å²) in [5, 5.41) is 0. The van der Waals surface area contributed by atoms with Crippen molar-refractivity contribution in [3.05, 3.63) is 59.6 Å². The molecule has 0 saturated heterocycles. The first kappa shape index (κ1) is 15.9. The number of fused-ring (bicyclic) bond motifs is 2. The molecular weight excluding hydrogens is 316 g/mol. The van der Waals surface area contributed by atoms with E-state index in [1.54, 1.807) is 22.7 Å². The second-order valence-corrected chi connectivity index (χ2v) is 5.82. The van der Waals surface area contributed by atoms with Gasteiger partial charge in [-0.25, -0.2) is 14.8 Å². The van der Waals surface area contributed by atoms with Crippen molar-refractivity contribution in [1.82, 2.24) is 9.97 Å². The third-order valence-corrected chi connectivity index (χ3v) is 4.09. The predicted molar refractivity (Wildman–Crippen MR) is 93.0 cm³/mol. The van der Waals surface area contributed by atoms with Gasteiger partial charge in [0, 0.05) is 0 Å². The molecule has 4 N–H and O–H groups in total. The van der Waals surface area contributed by atoms with Crippen LogP contribution in [0, 0.1) is 0 Å². The number of amides is 2. The minimum atomic E-state index is -0.833. The highest BCUT2D eigenvalue weighted by Crippen LogP contribution is 2.16. The lowest BCUT2D eigenvalue weighted by Gasteiger charge is -1.80. The average Bonchev–Trinajstić information content (AvgIpc) is 3.16.